The predicted octanol–water partition coefficient (Wildman–Crippen LogP) is 4.30. The highest BCUT2D eigenvalue weighted by molar-refractivity contribution is 7.76. The first-order valence-corrected chi connectivity index (χ1v) is 11.0. The first-order chi connectivity index (χ1) is 14.3. The van der Waals surface area contributed by atoms with Gasteiger partial charge in [0.05, 0.1) is 11.0 Å². The summed E-state index contributed by atoms with van der Waals surface area (Å²) in [6, 6.07) is 23.0. The van der Waals surface area contributed by atoms with Gasteiger partial charge in [0.15, 0.2) is 5.78 Å². The van der Waals surface area contributed by atoms with E-state index in [1.807, 2.05) is 12.1 Å². The van der Waals surface area contributed by atoms with Crippen molar-refractivity contribution in [2.24, 2.45) is 0 Å². The smallest absolute Gasteiger partial charge is 0.269 e. The molecule has 0 aliphatic heterocycles. The third kappa shape index (κ3) is 4.46. The Balaban J connectivity index is 2.12. The summed E-state index contributed by atoms with van der Waals surface area (Å²) < 4.78 is 14.3. The lowest BCUT2D eigenvalue weighted by Gasteiger charge is -2.28. The SMILES string of the molecule is C=C(C(C)=O)C(NP(=O)(c1ccccc1)c1ccccc1)c1ccc([N+](=O)[O-])cc1. The van der Waals surface area contributed by atoms with E-state index in [1.165, 1.54) is 19.1 Å². The van der Waals surface area contributed by atoms with Gasteiger partial charge in [-0.1, -0.05) is 55.1 Å². The predicted molar refractivity (Wildman–Crippen MR) is 119 cm³/mol. The third-order valence-corrected chi connectivity index (χ3v) is 7.46. The van der Waals surface area contributed by atoms with Crippen molar-refractivity contribution in [3.05, 3.63) is 113 Å². The lowest BCUT2D eigenvalue weighted by molar-refractivity contribution is -0.384. The number of carbonyl (C=O) groups is 1. The van der Waals surface area contributed by atoms with Gasteiger partial charge in [-0.2, -0.15) is 0 Å². The number of non-ortho nitro benzene ring substituents is 1. The first kappa shape index (κ1) is 21.4. The number of nitrogens with zero attached hydrogens (tertiary/aromatic N) is 1. The summed E-state index contributed by atoms with van der Waals surface area (Å²) in [4.78, 5) is 22.7. The van der Waals surface area contributed by atoms with Crippen molar-refractivity contribution in [3.8, 4) is 0 Å². The minimum atomic E-state index is -3.37. The molecule has 6 nitrogen and oxygen atoms in total. The Hall–Kier alpha value is -3.34. The number of nitro benzene ring substituents is 1. The molecule has 7 heteroatoms. The van der Waals surface area contributed by atoms with Crippen LogP contribution in [0.5, 0.6) is 0 Å². The highest BCUT2D eigenvalue weighted by Gasteiger charge is 2.32. The van der Waals surface area contributed by atoms with Crippen LogP contribution in [0.15, 0.2) is 97.1 Å². The number of rotatable bonds is 8. The molecular weight excluding hydrogens is 399 g/mol. The molecule has 30 heavy (non-hydrogen) atoms. The second-order valence-electron chi connectivity index (χ2n) is 6.77. The monoisotopic (exact) mass is 420 g/mol. The first-order valence-electron chi connectivity index (χ1n) is 9.26. The summed E-state index contributed by atoms with van der Waals surface area (Å²) >= 11 is 0. The van der Waals surface area contributed by atoms with Crippen LogP contribution in [0.4, 0.5) is 5.69 Å². The Kier molecular flexibility index (Phi) is 6.40. The molecule has 1 unspecified atom stereocenters. The maximum atomic E-state index is 14.3. The van der Waals surface area contributed by atoms with E-state index in [0.717, 1.165) is 0 Å². The maximum Gasteiger partial charge on any atom is 0.269 e. The summed E-state index contributed by atoms with van der Waals surface area (Å²) in [7, 11) is -3.37. The zero-order valence-electron chi connectivity index (χ0n) is 16.4. The van der Waals surface area contributed by atoms with E-state index in [9.17, 15) is 19.5 Å². The van der Waals surface area contributed by atoms with Crippen LogP contribution in [0.3, 0.4) is 0 Å². The van der Waals surface area contributed by atoms with Crippen LogP contribution in [0.25, 0.3) is 0 Å². The number of ketones is 1. The molecule has 3 rings (SSSR count). The van der Waals surface area contributed by atoms with E-state index in [-0.39, 0.29) is 17.0 Å². The van der Waals surface area contributed by atoms with Crippen LogP contribution in [-0.2, 0) is 9.36 Å². The van der Waals surface area contributed by atoms with E-state index in [2.05, 4.69) is 11.7 Å². The Morgan fingerprint density at radius 2 is 1.40 bits per heavy atom. The second-order valence-corrected chi connectivity index (χ2v) is 9.28. The third-order valence-electron chi connectivity index (χ3n) is 4.79. The van der Waals surface area contributed by atoms with E-state index in [4.69, 9.17) is 0 Å². The minimum Gasteiger partial charge on any atom is -0.296 e. The Morgan fingerprint density at radius 1 is 0.933 bits per heavy atom. The maximum absolute atomic E-state index is 14.3. The molecule has 0 radical (unpaired) electrons. The molecule has 0 fully saturated rings. The zero-order valence-corrected chi connectivity index (χ0v) is 17.3. The van der Waals surface area contributed by atoms with E-state index in [0.29, 0.717) is 16.2 Å². The van der Waals surface area contributed by atoms with Crippen molar-refractivity contribution in [1.29, 1.82) is 0 Å². The van der Waals surface area contributed by atoms with Crippen LogP contribution in [0.1, 0.15) is 18.5 Å². The fourth-order valence-electron chi connectivity index (χ4n) is 3.10. The molecule has 1 N–H and O–H groups in total. The molecule has 0 aromatic heterocycles. The van der Waals surface area contributed by atoms with Crippen LogP contribution >= 0.6 is 7.29 Å². The van der Waals surface area contributed by atoms with Gasteiger partial charge in [-0.15, -0.1) is 0 Å². The van der Waals surface area contributed by atoms with Gasteiger partial charge in [0.25, 0.3) is 5.69 Å². The van der Waals surface area contributed by atoms with E-state index < -0.39 is 18.3 Å². The number of nitro groups is 1. The van der Waals surface area contributed by atoms with E-state index in [1.54, 1.807) is 60.7 Å². The number of carbonyl (C=O) groups excluding carboxylic acids is 1. The Labute approximate surface area is 174 Å². The van der Waals surface area contributed by atoms with Gasteiger partial charge in [-0.3, -0.25) is 19.5 Å². The molecular formula is C23H21N2O4P. The summed E-state index contributed by atoms with van der Waals surface area (Å²) in [5.74, 6) is -0.265. The summed E-state index contributed by atoms with van der Waals surface area (Å²) in [6.07, 6.45) is 0. The lowest BCUT2D eigenvalue weighted by Crippen LogP contribution is -2.32. The summed E-state index contributed by atoms with van der Waals surface area (Å²) in [5.41, 5.74) is 0.712. The topological polar surface area (TPSA) is 89.3 Å². The van der Waals surface area contributed by atoms with Crippen molar-refractivity contribution in [2.45, 2.75) is 13.0 Å². The molecule has 3 aromatic carbocycles. The molecule has 0 aliphatic rings. The van der Waals surface area contributed by atoms with Crippen molar-refractivity contribution < 1.29 is 14.3 Å². The van der Waals surface area contributed by atoms with Crippen LogP contribution in [0, 0.1) is 10.1 Å². The molecule has 1 atom stereocenters. The molecule has 0 heterocycles. The van der Waals surface area contributed by atoms with Crippen molar-refractivity contribution >= 4 is 29.4 Å². The molecule has 0 spiro atoms. The second kappa shape index (κ2) is 8.99. The van der Waals surface area contributed by atoms with Gasteiger partial charge in [0.1, 0.15) is 0 Å². The number of benzene rings is 3. The molecule has 0 saturated heterocycles. The standard InChI is InChI=1S/C23H21N2O4P/c1-17(18(2)26)23(19-13-15-20(16-14-19)25(27)28)24-30(29,21-9-5-3-6-10-21)22-11-7-4-8-12-22/h3-16,23H,1H2,2H3,(H,24,29). The average Bonchev–Trinajstić information content (AvgIpc) is 2.78. The van der Waals surface area contributed by atoms with Crippen LogP contribution < -0.4 is 15.7 Å². The minimum absolute atomic E-state index is 0.0692. The summed E-state index contributed by atoms with van der Waals surface area (Å²) in [6.45, 7) is 5.28. The quantitative estimate of drug-likeness (QED) is 0.254. The number of hydrogen-bond acceptors (Lipinski definition) is 4. The van der Waals surface area contributed by atoms with Crippen LogP contribution in [-0.4, -0.2) is 10.7 Å². The van der Waals surface area contributed by atoms with Crippen molar-refractivity contribution in [2.75, 3.05) is 0 Å². The number of hydrogen-bond donors (Lipinski definition) is 1. The zero-order chi connectivity index (χ0) is 21.7. The molecule has 0 aliphatic carbocycles. The van der Waals surface area contributed by atoms with Crippen LogP contribution in [0.2, 0.25) is 0 Å². The van der Waals surface area contributed by atoms with Crippen molar-refractivity contribution in [1.82, 2.24) is 5.09 Å². The van der Waals surface area contributed by atoms with Gasteiger partial charge in [-0.25, -0.2) is 5.09 Å². The highest BCUT2D eigenvalue weighted by Crippen LogP contribution is 2.43. The summed E-state index contributed by atoms with van der Waals surface area (Å²) in [5, 5.41) is 15.3. The van der Waals surface area contributed by atoms with Gasteiger partial charge in [0, 0.05) is 28.3 Å². The van der Waals surface area contributed by atoms with Gasteiger partial charge in [0.2, 0.25) is 7.29 Å². The van der Waals surface area contributed by atoms with Gasteiger partial charge >= 0.3 is 0 Å². The van der Waals surface area contributed by atoms with Crippen molar-refractivity contribution in [3.63, 3.8) is 0 Å². The number of Topliss-reactive ketones (excluding diaryl/α,β-unsaturated/α-hetero) is 1. The Bertz CT molecular complexity index is 1070. The van der Waals surface area contributed by atoms with E-state index >= 15 is 0 Å². The largest absolute Gasteiger partial charge is 0.296 e. The lowest BCUT2D eigenvalue weighted by atomic mass is 9.98. The van der Waals surface area contributed by atoms with Gasteiger partial charge < -0.3 is 0 Å². The molecule has 0 amide bonds. The average molecular weight is 420 g/mol. The molecule has 152 valence electrons. The molecule has 3 aromatic rings. The normalized spacial score (nSPS) is 12.2. The molecule has 0 saturated carbocycles. The highest BCUT2D eigenvalue weighted by atomic mass is 31.2. The Morgan fingerprint density at radius 3 is 1.80 bits per heavy atom. The fourth-order valence-corrected chi connectivity index (χ4v) is 5.55. The number of nitrogens with one attached hydrogen (secondary N) is 1. The van der Waals surface area contributed by atoms with Gasteiger partial charge in [-0.05, 0) is 36.8 Å². The fraction of sp³-hybridized carbons (Fsp3) is 0.0870. The molecule has 0 bridgehead atoms.